The summed E-state index contributed by atoms with van der Waals surface area (Å²) in [6.07, 6.45) is 0.704. The van der Waals surface area contributed by atoms with E-state index in [1.54, 1.807) is 0 Å². The van der Waals surface area contributed by atoms with Gasteiger partial charge in [-0.25, -0.2) is 4.98 Å². The van der Waals surface area contributed by atoms with Crippen molar-refractivity contribution in [1.82, 2.24) is 9.55 Å². The molecule has 104 valence electrons. The van der Waals surface area contributed by atoms with Gasteiger partial charge < -0.3 is 0 Å². The van der Waals surface area contributed by atoms with Gasteiger partial charge in [0.25, 0.3) is 0 Å². The summed E-state index contributed by atoms with van der Waals surface area (Å²) in [6.45, 7) is 2.07. The molecule has 3 rings (SSSR count). The number of alkyl halides is 1. The molecule has 4 heteroatoms. The zero-order chi connectivity index (χ0) is 14.8. The minimum Gasteiger partial charge on any atom is -0.296 e. The summed E-state index contributed by atoms with van der Waals surface area (Å²) in [5.41, 5.74) is 4.88. The van der Waals surface area contributed by atoms with Crippen molar-refractivity contribution in [3.8, 4) is 11.8 Å². The van der Waals surface area contributed by atoms with Gasteiger partial charge in [-0.1, -0.05) is 6.07 Å². The molecule has 3 aromatic rings. The molecule has 0 atom stereocenters. The third kappa shape index (κ3) is 2.51. The Hall–Kier alpha value is -2.31. The van der Waals surface area contributed by atoms with Gasteiger partial charge in [0.2, 0.25) is 0 Å². The number of hydrogen-bond acceptors (Lipinski definition) is 2. The van der Waals surface area contributed by atoms with E-state index in [9.17, 15) is 0 Å². The second kappa shape index (κ2) is 5.59. The van der Waals surface area contributed by atoms with Crippen molar-refractivity contribution in [2.75, 3.05) is 5.88 Å². The molecule has 0 amide bonds. The lowest BCUT2D eigenvalue weighted by Gasteiger charge is -2.09. The molecule has 0 unspecified atom stereocenters. The lowest BCUT2D eigenvalue weighted by molar-refractivity contribution is 0.912. The number of imidazole rings is 1. The Bertz CT molecular complexity index is 826. The van der Waals surface area contributed by atoms with Crippen molar-refractivity contribution in [3.05, 3.63) is 59.4 Å². The van der Waals surface area contributed by atoms with Crippen molar-refractivity contribution in [3.63, 3.8) is 0 Å². The van der Waals surface area contributed by atoms with E-state index in [2.05, 4.69) is 34.7 Å². The SMILES string of the molecule is Cc1ccc2nc(CCCl)n(-c3ccc(C#N)cc3)c2c1. The summed E-state index contributed by atoms with van der Waals surface area (Å²) in [5, 5.41) is 8.92. The summed E-state index contributed by atoms with van der Waals surface area (Å²) >= 11 is 5.91. The molecule has 0 aliphatic heterocycles. The first kappa shape index (κ1) is 13.7. The predicted octanol–water partition coefficient (Wildman–Crippen LogP) is 3.99. The fraction of sp³-hybridized carbons (Fsp3) is 0.176. The van der Waals surface area contributed by atoms with Crippen LogP contribution in [-0.4, -0.2) is 15.4 Å². The van der Waals surface area contributed by atoms with E-state index in [1.807, 2.05) is 30.3 Å². The minimum absolute atomic E-state index is 0.526. The number of nitrogens with zero attached hydrogens (tertiary/aromatic N) is 3. The lowest BCUT2D eigenvalue weighted by Crippen LogP contribution is -2.02. The Morgan fingerprint density at radius 2 is 1.95 bits per heavy atom. The van der Waals surface area contributed by atoms with E-state index in [0.29, 0.717) is 17.9 Å². The average Bonchev–Trinajstić information content (AvgIpc) is 2.85. The Labute approximate surface area is 128 Å². The number of nitriles is 1. The van der Waals surface area contributed by atoms with Gasteiger partial charge in [-0.3, -0.25) is 4.57 Å². The molecular weight excluding hydrogens is 282 g/mol. The molecular formula is C17H14ClN3. The van der Waals surface area contributed by atoms with Gasteiger partial charge in [0.1, 0.15) is 5.82 Å². The number of benzene rings is 2. The molecule has 0 fully saturated rings. The largest absolute Gasteiger partial charge is 0.296 e. The average molecular weight is 296 g/mol. The zero-order valence-corrected chi connectivity index (χ0v) is 12.4. The minimum atomic E-state index is 0.526. The van der Waals surface area contributed by atoms with Crippen LogP contribution in [0.2, 0.25) is 0 Å². The van der Waals surface area contributed by atoms with Gasteiger partial charge in [0.05, 0.1) is 22.7 Å². The van der Waals surface area contributed by atoms with Crippen LogP contribution in [0.3, 0.4) is 0 Å². The van der Waals surface area contributed by atoms with Crippen LogP contribution >= 0.6 is 11.6 Å². The van der Waals surface area contributed by atoms with Crippen LogP contribution < -0.4 is 0 Å². The lowest BCUT2D eigenvalue weighted by atomic mass is 10.2. The highest BCUT2D eigenvalue weighted by Crippen LogP contribution is 2.23. The van der Waals surface area contributed by atoms with Gasteiger partial charge in [-0.15, -0.1) is 11.6 Å². The van der Waals surface area contributed by atoms with Gasteiger partial charge >= 0.3 is 0 Å². The third-order valence-corrected chi connectivity index (χ3v) is 3.64. The fourth-order valence-electron chi connectivity index (χ4n) is 2.46. The first-order valence-electron chi connectivity index (χ1n) is 6.77. The van der Waals surface area contributed by atoms with E-state index in [1.165, 1.54) is 5.56 Å². The molecule has 0 spiro atoms. The van der Waals surface area contributed by atoms with E-state index in [4.69, 9.17) is 16.9 Å². The summed E-state index contributed by atoms with van der Waals surface area (Å²) < 4.78 is 2.12. The van der Waals surface area contributed by atoms with Gasteiger partial charge in [-0.2, -0.15) is 5.26 Å². The van der Waals surface area contributed by atoms with Crippen LogP contribution in [-0.2, 0) is 6.42 Å². The van der Waals surface area contributed by atoms with Crippen molar-refractivity contribution < 1.29 is 0 Å². The summed E-state index contributed by atoms with van der Waals surface area (Å²) in [7, 11) is 0. The Balaban J connectivity index is 2.24. The summed E-state index contributed by atoms with van der Waals surface area (Å²) in [4.78, 5) is 4.68. The van der Waals surface area contributed by atoms with Gasteiger partial charge in [-0.05, 0) is 48.9 Å². The number of rotatable bonds is 3. The maximum Gasteiger partial charge on any atom is 0.115 e. The standard InChI is InChI=1S/C17H14ClN3/c1-12-2-7-15-16(10-12)21(17(20-15)8-9-18)14-5-3-13(11-19)4-6-14/h2-7,10H,8-9H2,1H3. The molecule has 21 heavy (non-hydrogen) atoms. The second-order valence-electron chi connectivity index (χ2n) is 4.95. The predicted molar refractivity (Wildman–Crippen MR) is 84.9 cm³/mol. The molecule has 0 saturated carbocycles. The number of aryl methyl sites for hydroxylation is 2. The Morgan fingerprint density at radius 1 is 1.19 bits per heavy atom. The molecule has 0 bridgehead atoms. The topological polar surface area (TPSA) is 41.6 Å². The fourth-order valence-corrected chi connectivity index (χ4v) is 2.63. The number of fused-ring (bicyclic) bond motifs is 1. The highest BCUT2D eigenvalue weighted by Gasteiger charge is 2.12. The second-order valence-corrected chi connectivity index (χ2v) is 5.33. The molecule has 0 saturated heterocycles. The Morgan fingerprint density at radius 3 is 2.62 bits per heavy atom. The van der Waals surface area contributed by atoms with Crippen molar-refractivity contribution in [2.45, 2.75) is 13.3 Å². The van der Waals surface area contributed by atoms with Crippen LogP contribution in [0, 0.1) is 18.3 Å². The maximum absolute atomic E-state index is 8.92. The molecule has 1 heterocycles. The molecule has 0 aliphatic rings. The number of aromatic nitrogens is 2. The van der Waals surface area contributed by atoms with E-state index in [0.717, 1.165) is 22.5 Å². The molecule has 2 aromatic carbocycles. The molecule has 0 aliphatic carbocycles. The zero-order valence-electron chi connectivity index (χ0n) is 11.7. The molecule has 0 N–H and O–H groups in total. The quantitative estimate of drug-likeness (QED) is 0.686. The molecule has 1 aromatic heterocycles. The highest BCUT2D eigenvalue weighted by molar-refractivity contribution is 6.17. The van der Waals surface area contributed by atoms with Crippen LogP contribution in [0.1, 0.15) is 17.0 Å². The van der Waals surface area contributed by atoms with Crippen LogP contribution in [0.5, 0.6) is 0 Å². The van der Waals surface area contributed by atoms with E-state index in [-0.39, 0.29) is 0 Å². The first-order chi connectivity index (χ1) is 10.2. The Kier molecular flexibility index (Phi) is 3.64. The van der Waals surface area contributed by atoms with Crippen molar-refractivity contribution in [2.24, 2.45) is 0 Å². The van der Waals surface area contributed by atoms with E-state index >= 15 is 0 Å². The van der Waals surface area contributed by atoms with Crippen molar-refractivity contribution in [1.29, 1.82) is 5.26 Å². The van der Waals surface area contributed by atoms with Crippen molar-refractivity contribution >= 4 is 22.6 Å². The van der Waals surface area contributed by atoms with Crippen LogP contribution in [0.4, 0.5) is 0 Å². The first-order valence-corrected chi connectivity index (χ1v) is 7.31. The van der Waals surface area contributed by atoms with Gasteiger partial charge in [0.15, 0.2) is 0 Å². The number of halogens is 1. The monoisotopic (exact) mass is 295 g/mol. The summed E-state index contributed by atoms with van der Waals surface area (Å²) in [6, 6.07) is 15.9. The van der Waals surface area contributed by atoms with Crippen LogP contribution in [0.25, 0.3) is 16.7 Å². The van der Waals surface area contributed by atoms with E-state index < -0.39 is 0 Å². The van der Waals surface area contributed by atoms with Gasteiger partial charge in [0, 0.05) is 18.0 Å². The third-order valence-electron chi connectivity index (χ3n) is 3.45. The smallest absolute Gasteiger partial charge is 0.115 e. The normalized spacial score (nSPS) is 10.7. The summed E-state index contributed by atoms with van der Waals surface area (Å²) in [5.74, 6) is 1.47. The number of hydrogen-bond donors (Lipinski definition) is 0. The van der Waals surface area contributed by atoms with Crippen LogP contribution in [0.15, 0.2) is 42.5 Å². The highest BCUT2D eigenvalue weighted by atomic mass is 35.5. The molecule has 3 nitrogen and oxygen atoms in total. The maximum atomic E-state index is 8.92. The molecule has 0 radical (unpaired) electrons.